The molecule has 0 aliphatic carbocycles. The number of ether oxygens (including phenoxy) is 1. The van der Waals surface area contributed by atoms with Crippen molar-refractivity contribution in [2.45, 2.75) is 6.04 Å². The van der Waals surface area contributed by atoms with Gasteiger partial charge in [0.15, 0.2) is 0 Å². The van der Waals surface area contributed by atoms with E-state index >= 15 is 0 Å². The van der Waals surface area contributed by atoms with Crippen molar-refractivity contribution in [1.29, 1.82) is 0 Å². The number of nitrogens with two attached hydrogens (primary N) is 1. The molecule has 6 nitrogen and oxygen atoms in total. The molecule has 2 N–H and O–H groups in total. The molecule has 1 unspecified atom stereocenters. The molecule has 0 radical (unpaired) electrons. The first-order chi connectivity index (χ1) is 14.7. The monoisotopic (exact) mass is 403 g/mol. The quantitative estimate of drug-likeness (QED) is 0.723. The van der Waals surface area contributed by atoms with Gasteiger partial charge < -0.3 is 15.4 Å². The number of nitrogens with zero attached hydrogens (tertiary/aromatic N) is 4. The Morgan fingerprint density at radius 2 is 1.93 bits per heavy atom. The van der Waals surface area contributed by atoms with E-state index in [2.05, 4.69) is 19.9 Å². The number of hydrogen-bond donors (Lipinski definition) is 1. The third kappa shape index (κ3) is 3.46. The van der Waals surface area contributed by atoms with E-state index in [0.29, 0.717) is 31.0 Å². The summed E-state index contributed by atoms with van der Waals surface area (Å²) in [4.78, 5) is 15.3. The summed E-state index contributed by atoms with van der Waals surface area (Å²) in [6, 6.07) is 10.6. The smallest absolute Gasteiger partial charge is 0.132 e. The molecule has 3 aromatic rings. The Morgan fingerprint density at radius 3 is 2.73 bits per heavy atom. The molecule has 0 amide bonds. The van der Waals surface area contributed by atoms with Crippen LogP contribution in [0.5, 0.6) is 0 Å². The van der Waals surface area contributed by atoms with E-state index in [-0.39, 0.29) is 11.9 Å². The Hall–Kier alpha value is -3.16. The molecule has 0 saturated carbocycles. The summed E-state index contributed by atoms with van der Waals surface area (Å²) in [6.07, 6.45) is 5.25. The second kappa shape index (κ2) is 7.93. The molecular formula is C23H22FN5O. The molecule has 1 fully saturated rings. The highest BCUT2D eigenvalue weighted by atomic mass is 19.1. The highest BCUT2D eigenvalue weighted by molar-refractivity contribution is 5.94. The molecular weight excluding hydrogens is 381 g/mol. The van der Waals surface area contributed by atoms with Crippen LogP contribution in [0.1, 0.15) is 11.6 Å². The lowest BCUT2D eigenvalue weighted by Gasteiger charge is -2.29. The number of benzene rings is 2. The van der Waals surface area contributed by atoms with Crippen LogP contribution in [0.4, 0.5) is 10.1 Å². The molecule has 0 spiro atoms. The van der Waals surface area contributed by atoms with Gasteiger partial charge in [-0.3, -0.25) is 4.99 Å². The first-order valence-electron chi connectivity index (χ1n) is 10.0. The summed E-state index contributed by atoms with van der Waals surface area (Å²) >= 11 is 0. The molecule has 1 aromatic heterocycles. The minimum absolute atomic E-state index is 0.336. The van der Waals surface area contributed by atoms with Gasteiger partial charge in [0, 0.05) is 35.9 Å². The highest BCUT2D eigenvalue weighted by Gasteiger charge is 2.18. The van der Waals surface area contributed by atoms with Crippen molar-refractivity contribution < 1.29 is 9.13 Å². The fraction of sp³-hybridized carbons (Fsp3) is 0.261. The molecule has 0 bridgehead atoms. The van der Waals surface area contributed by atoms with Gasteiger partial charge in [0.1, 0.15) is 12.1 Å². The van der Waals surface area contributed by atoms with Crippen molar-refractivity contribution in [2.75, 3.05) is 37.7 Å². The summed E-state index contributed by atoms with van der Waals surface area (Å²) in [5.41, 5.74) is 11.0. The van der Waals surface area contributed by atoms with Gasteiger partial charge in [0.2, 0.25) is 0 Å². The van der Waals surface area contributed by atoms with E-state index in [9.17, 15) is 4.39 Å². The Labute approximate surface area is 173 Å². The van der Waals surface area contributed by atoms with Gasteiger partial charge in [-0.05, 0) is 41.5 Å². The zero-order valence-electron chi connectivity index (χ0n) is 16.5. The molecule has 2 aromatic carbocycles. The first kappa shape index (κ1) is 18.8. The maximum atomic E-state index is 14.8. The average Bonchev–Trinajstić information content (AvgIpc) is 3.34. The van der Waals surface area contributed by atoms with Crippen molar-refractivity contribution in [2.24, 2.45) is 10.7 Å². The van der Waals surface area contributed by atoms with E-state index < -0.39 is 0 Å². The predicted molar refractivity (Wildman–Crippen MR) is 116 cm³/mol. The van der Waals surface area contributed by atoms with E-state index in [1.807, 2.05) is 24.3 Å². The lowest BCUT2D eigenvalue weighted by molar-refractivity contribution is 0.122. The van der Waals surface area contributed by atoms with Gasteiger partial charge in [-0.1, -0.05) is 12.1 Å². The van der Waals surface area contributed by atoms with Crippen LogP contribution in [0.25, 0.3) is 22.2 Å². The Morgan fingerprint density at radius 1 is 1.07 bits per heavy atom. The first-order valence-corrected chi connectivity index (χ1v) is 10.0. The second-order valence-electron chi connectivity index (χ2n) is 7.44. The number of hydrogen-bond acceptors (Lipinski definition) is 6. The molecule has 30 heavy (non-hydrogen) atoms. The van der Waals surface area contributed by atoms with Crippen LogP contribution in [0.2, 0.25) is 0 Å². The van der Waals surface area contributed by atoms with E-state index in [1.165, 1.54) is 12.4 Å². The number of anilines is 1. The second-order valence-corrected chi connectivity index (χ2v) is 7.44. The van der Waals surface area contributed by atoms with Crippen LogP contribution >= 0.6 is 0 Å². The Kier molecular flexibility index (Phi) is 4.98. The van der Waals surface area contributed by atoms with Gasteiger partial charge >= 0.3 is 0 Å². The zero-order chi connectivity index (χ0) is 20.5. The Bertz CT molecular complexity index is 1150. The lowest BCUT2D eigenvalue weighted by atomic mass is 9.96. The van der Waals surface area contributed by atoms with E-state index in [4.69, 9.17) is 10.5 Å². The van der Waals surface area contributed by atoms with Gasteiger partial charge in [0.05, 0.1) is 37.0 Å². The number of halogens is 1. The largest absolute Gasteiger partial charge is 0.378 e. The fourth-order valence-electron chi connectivity index (χ4n) is 3.96. The van der Waals surface area contributed by atoms with Crippen LogP contribution < -0.4 is 10.6 Å². The van der Waals surface area contributed by atoms with Crippen LogP contribution in [0, 0.1) is 5.82 Å². The summed E-state index contributed by atoms with van der Waals surface area (Å²) < 4.78 is 20.3. The van der Waals surface area contributed by atoms with Crippen molar-refractivity contribution >= 4 is 22.8 Å². The standard InChI is InChI=1S/C23H22FN5O/c24-20-4-1-15(22(25)16-5-6-26-13-16)11-19(20)23-18-3-2-17(12-21(18)27-14-28-23)29-7-9-30-10-8-29/h1-5,11-14,22H,6-10,25H2. The average molecular weight is 403 g/mol. The molecule has 1 atom stereocenters. The summed E-state index contributed by atoms with van der Waals surface area (Å²) in [6.45, 7) is 3.76. The van der Waals surface area contributed by atoms with Gasteiger partial charge in [-0.25, -0.2) is 14.4 Å². The molecule has 7 heteroatoms. The third-order valence-electron chi connectivity index (χ3n) is 5.63. The number of fused-ring (bicyclic) bond motifs is 1. The van der Waals surface area contributed by atoms with Crippen LogP contribution in [-0.2, 0) is 4.74 Å². The maximum Gasteiger partial charge on any atom is 0.132 e. The van der Waals surface area contributed by atoms with Gasteiger partial charge in [-0.2, -0.15) is 0 Å². The van der Waals surface area contributed by atoms with Gasteiger partial charge in [-0.15, -0.1) is 0 Å². The minimum atomic E-state index is -0.350. The lowest BCUT2D eigenvalue weighted by Crippen LogP contribution is -2.36. The van der Waals surface area contributed by atoms with Crippen molar-refractivity contribution in [3.63, 3.8) is 0 Å². The highest BCUT2D eigenvalue weighted by Crippen LogP contribution is 2.32. The topological polar surface area (TPSA) is 76.6 Å². The van der Waals surface area contributed by atoms with Crippen LogP contribution in [0.15, 0.2) is 59.4 Å². The molecule has 152 valence electrons. The van der Waals surface area contributed by atoms with Crippen molar-refractivity contribution in [3.05, 3.63) is 65.8 Å². The van der Waals surface area contributed by atoms with Crippen molar-refractivity contribution in [1.82, 2.24) is 9.97 Å². The number of aliphatic imine (C=N–C) groups is 1. The third-order valence-corrected chi connectivity index (χ3v) is 5.63. The zero-order valence-corrected chi connectivity index (χ0v) is 16.5. The summed E-state index contributed by atoms with van der Waals surface area (Å²) in [7, 11) is 0. The van der Waals surface area contributed by atoms with Crippen LogP contribution in [0.3, 0.4) is 0 Å². The normalized spacial score (nSPS) is 17.4. The number of morpholine rings is 1. The molecule has 3 heterocycles. The SMILES string of the molecule is NC(C1=CCN=C1)c1ccc(F)c(-c2ncnc3cc(N4CCOCC4)ccc23)c1. The molecule has 2 aliphatic heterocycles. The van der Waals surface area contributed by atoms with Crippen molar-refractivity contribution in [3.8, 4) is 11.3 Å². The molecule has 2 aliphatic rings. The molecule has 5 rings (SSSR count). The molecule has 1 saturated heterocycles. The summed E-state index contributed by atoms with van der Waals surface area (Å²) in [5, 5.41) is 0.806. The predicted octanol–water partition coefficient (Wildman–Crippen LogP) is 3.28. The van der Waals surface area contributed by atoms with E-state index in [0.717, 1.165) is 40.8 Å². The fourth-order valence-corrected chi connectivity index (χ4v) is 3.96. The van der Waals surface area contributed by atoms with Crippen LogP contribution in [-0.4, -0.2) is 49.0 Å². The Balaban J connectivity index is 1.55. The van der Waals surface area contributed by atoms with Gasteiger partial charge in [0.25, 0.3) is 0 Å². The maximum absolute atomic E-state index is 14.8. The van der Waals surface area contributed by atoms with E-state index in [1.54, 1.807) is 18.3 Å². The summed E-state index contributed by atoms with van der Waals surface area (Å²) in [5.74, 6) is -0.336. The number of aromatic nitrogens is 2. The number of rotatable bonds is 4. The minimum Gasteiger partial charge on any atom is -0.378 e.